The van der Waals surface area contributed by atoms with E-state index in [1.807, 2.05) is 6.92 Å². The van der Waals surface area contributed by atoms with Crippen LogP contribution in [0.25, 0.3) is 0 Å². The van der Waals surface area contributed by atoms with Gasteiger partial charge in [-0.15, -0.1) is 0 Å². The Hall–Kier alpha value is -0.500. The molecule has 0 aliphatic rings. The molecular weight excluding hydrogens is 337 g/mol. The van der Waals surface area contributed by atoms with Crippen LogP contribution in [0.2, 0.25) is 0 Å². The molecule has 1 unspecified atom stereocenters. The second-order valence-electron chi connectivity index (χ2n) is 4.65. The summed E-state index contributed by atoms with van der Waals surface area (Å²) in [5.74, 6) is -0.524. The number of nitrogens with one attached hydrogen (secondary N) is 1. The summed E-state index contributed by atoms with van der Waals surface area (Å²) in [5.41, 5.74) is -1.10. The van der Waals surface area contributed by atoms with Gasteiger partial charge in [-0.3, -0.25) is 0 Å². The van der Waals surface area contributed by atoms with Crippen molar-refractivity contribution in [3.63, 3.8) is 0 Å². The Labute approximate surface area is 121 Å². The molecule has 0 saturated carbocycles. The van der Waals surface area contributed by atoms with Crippen molar-refractivity contribution in [3.8, 4) is 0 Å². The molecule has 108 valence electrons. The molecule has 0 bridgehead atoms. The van der Waals surface area contributed by atoms with Gasteiger partial charge in [-0.05, 0) is 47.5 Å². The fourth-order valence-corrected chi connectivity index (χ4v) is 3.86. The van der Waals surface area contributed by atoms with E-state index in [1.165, 1.54) is 6.07 Å². The minimum absolute atomic E-state index is 0.0544. The lowest BCUT2D eigenvalue weighted by atomic mass is 10.0. The predicted octanol–water partition coefficient (Wildman–Crippen LogP) is 2.42. The first-order chi connectivity index (χ1) is 8.68. The highest BCUT2D eigenvalue weighted by Crippen LogP contribution is 2.23. The third-order valence-corrected chi connectivity index (χ3v) is 4.99. The molecule has 19 heavy (non-hydrogen) atoms. The summed E-state index contributed by atoms with van der Waals surface area (Å²) < 4.78 is 39.5. The molecule has 0 heterocycles. The standard InChI is InChI=1S/C12H17BrFNO3S/c1-3-6-12(2,16)8-15-19(17,18)11-5-4-9(14)7-10(11)13/h4-5,7,15-16H,3,6,8H2,1-2H3. The molecule has 0 saturated heterocycles. The van der Waals surface area contributed by atoms with Gasteiger partial charge in [-0.25, -0.2) is 17.5 Å². The Kier molecular flexibility index (Phi) is 5.49. The van der Waals surface area contributed by atoms with Crippen LogP contribution in [-0.4, -0.2) is 25.7 Å². The lowest BCUT2D eigenvalue weighted by Crippen LogP contribution is -2.40. The lowest BCUT2D eigenvalue weighted by molar-refractivity contribution is 0.0554. The number of hydrogen-bond donors (Lipinski definition) is 2. The Balaban J connectivity index is 2.87. The van der Waals surface area contributed by atoms with Crippen molar-refractivity contribution >= 4 is 26.0 Å². The van der Waals surface area contributed by atoms with E-state index in [0.717, 1.165) is 18.6 Å². The van der Waals surface area contributed by atoms with Gasteiger partial charge in [0, 0.05) is 11.0 Å². The van der Waals surface area contributed by atoms with Gasteiger partial charge in [-0.1, -0.05) is 13.3 Å². The van der Waals surface area contributed by atoms with Gasteiger partial charge in [0.15, 0.2) is 0 Å². The first-order valence-electron chi connectivity index (χ1n) is 5.85. The Morgan fingerprint density at radius 3 is 2.63 bits per heavy atom. The second kappa shape index (κ2) is 6.30. The molecule has 0 amide bonds. The van der Waals surface area contributed by atoms with Crippen molar-refractivity contribution in [1.82, 2.24) is 4.72 Å². The monoisotopic (exact) mass is 353 g/mol. The average Bonchev–Trinajstić information content (AvgIpc) is 2.26. The van der Waals surface area contributed by atoms with Crippen molar-refractivity contribution in [2.24, 2.45) is 0 Å². The minimum Gasteiger partial charge on any atom is -0.389 e. The zero-order chi connectivity index (χ0) is 14.7. The van der Waals surface area contributed by atoms with Crippen molar-refractivity contribution in [2.45, 2.75) is 37.2 Å². The number of sulfonamides is 1. The predicted molar refractivity (Wildman–Crippen MR) is 74.8 cm³/mol. The van der Waals surface area contributed by atoms with Crippen molar-refractivity contribution in [2.75, 3.05) is 6.54 Å². The third kappa shape index (κ3) is 4.83. The molecular formula is C12H17BrFNO3S. The highest BCUT2D eigenvalue weighted by Gasteiger charge is 2.24. The summed E-state index contributed by atoms with van der Waals surface area (Å²) in [5, 5.41) is 9.94. The number of benzene rings is 1. The highest BCUT2D eigenvalue weighted by molar-refractivity contribution is 9.10. The van der Waals surface area contributed by atoms with Gasteiger partial charge in [0.2, 0.25) is 10.0 Å². The van der Waals surface area contributed by atoms with Crippen LogP contribution in [0.1, 0.15) is 26.7 Å². The van der Waals surface area contributed by atoms with E-state index in [2.05, 4.69) is 20.7 Å². The van der Waals surface area contributed by atoms with Crippen LogP contribution in [0.3, 0.4) is 0 Å². The van der Waals surface area contributed by atoms with Gasteiger partial charge in [-0.2, -0.15) is 0 Å². The smallest absolute Gasteiger partial charge is 0.241 e. The summed E-state index contributed by atoms with van der Waals surface area (Å²) in [6.45, 7) is 3.38. The summed E-state index contributed by atoms with van der Waals surface area (Å²) in [6.07, 6.45) is 1.23. The first-order valence-corrected chi connectivity index (χ1v) is 8.13. The number of aliphatic hydroxyl groups is 1. The van der Waals surface area contributed by atoms with Crippen LogP contribution in [0.5, 0.6) is 0 Å². The van der Waals surface area contributed by atoms with Crippen LogP contribution >= 0.6 is 15.9 Å². The molecule has 1 aromatic carbocycles. The second-order valence-corrected chi connectivity index (χ2v) is 7.24. The fourth-order valence-electron chi connectivity index (χ4n) is 1.65. The van der Waals surface area contributed by atoms with Crippen LogP contribution in [0.4, 0.5) is 4.39 Å². The van der Waals surface area contributed by atoms with Crippen molar-refractivity contribution in [3.05, 3.63) is 28.5 Å². The maximum absolute atomic E-state index is 12.9. The molecule has 0 spiro atoms. The van der Waals surface area contributed by atoms with Crippen molar-refractivity contribution in [1.29, 1.82) is 0 Å². The zero-order valence-electron chi connectivity index (χ0n) is 10.8. The number of rotatable bonds is 6. The van der Waals surface area contributed by atoms with E-state index in [9.17, 15) is 17.9 Å². The Morgan fingerprint density at radius 2 is 2.11 bits per heavy atom. The third-order valence-electron chi connectivity index (χ3n) is 2.62. The molecule has 1 rings (SSSR count). The van der Waals surface area contributed by atoms with E-state index in [-0.39, 0.29) is 15.9 Å². The van der Waals surface area contributed by atoms with E-state index in [1.54, 1.807) is 6.92 Å². The van der Waals surface area contributed by atoms with Crippen molar-refractivity contribution < 1.29 is 17.9 Å². The Morgan fingerprint density at radius 1 is 1.47 bits per heavy atom. The summed E-state index contributed by atoms with van der Waals surface area (Å²) >= 11 is 3.01. The maximum Gasteiger partial charge on any atom is 0.241 e. The van der Waals surface area contributed by atoms with Crippen LogP contribution < -0.4 is 4.72 Å². The first kappa shape index (κ1) is 16.6. The van der Waals surface area contributed by atoms with Crippen LogP contribution in [0.15, 0.2) is 27.6 Å². The van der Waals surface area contributed by atoms with E-state index in [0.29, 0.717) is 6.42 Å². The van der Waals surface area contributed by atoms with Gasteiger partial charge < -0.3 is 5.11 Å². The van der Waals surface area contributed by atoms with E-state index >= 15 is 0 Å². The largest absolute Gasteiger partial charge is 0.389 e. The molecule has 0 radical (unpaired) electrons. The lowest BCUT2D eigenvalue weighted by Gasteiger charge is -2.23. The summed E-state index contributed by atoms with van der Waals surface area (Å²) in [6, 6.07) is 3.33. The molecule has 7 heteroatoms. The number of hydrogen-bond acceptors (Lipinski definition) is 3. The molecule has 0 aromatic heterocycles. The Bertz CT molecular complexity index is 546. The highest BCUT2D eigenvalue weighted by atomic mass is 79.9. The molecule has 4 nitrogen and oxygen atoms in total. The minimum atomic E-state index is -3.78. The van der Waals surface area contributed by atoms with E-state index in [4.69, 9.17) is 0 Å². The van der Waals surface area contributed by atoms with Gasteiger partial charge >= 0.3 is 0 Å². The number of halogens is 2. The molecule has 0 aliphatic carbocycles. The van der Waals surface area contributed by atoms with E-state index < -0.39 is 21.4 Å². The molecule has 1 aromatic rings. The van der Waals surface area contributed by atoms with Gasteiger partial charge in [0.05, 0.1) is 10.5 Å². The zero-order valence-corrected chi connectivity index (χ0v) is 13.2. The molecule has 0 fully saturated rings. The van der Waals surface area contributed by atoms with Crippen LogP contribution in [0, 0.1) is 5.82 Å². The van der Waals surface area contributed by atoms with Crippen LogP contribution in [-0.2, 0) is 10.0 Å². The quantitative estimate of drug-likeness (QED) is 0.825. The molecule has 1 atom stereocenters. The SMILES string of the molecule is CCCC(C)(O)CNS(=O)(=O)c1ccc(F)cc1Br. The van der Waals surface area contributed by atoms with Gasteiger partial charge in [0.25, 0.3) is 0 Å². The topological polar surface area (TPSA) is 66.4 Å². The molecule has 0 aliphatic heterocycles. The summed E-state index contributed by atoms with van der Waals surface area (Å²) in [4.78, 5) is -0.0544. The summed E-state index contributed by atoms with van der Waals surface area (Å²) in [7, 11) is -3.78. The normalized spacial score (nSPS) is 15.2. The average molecular weight is 354 g/mol. The van der Waals surface area contributed by atoms with Gasteiger partial charge in [0.1, 0.15) is 5.82 Å². The molecule has 2 N–H and O–H groups in total. The maximum atomic E-state index is 12.9. The fraction of sp³-hybridized carbons (Fsp3) is 0.500.